The second-order valence-electron chi connectivity index (χ2n) is 1.13. The summed E-state index contributed by atoms with van der Waals surface area (Å²) >= 11 is 0. The molecule has 0 saturated heterocycles. The average Bonchev–Trinajstić information content (AvgIpc) is 2.12. The first-order valence-electron chi connectivity index (χ1n) is 1.87. The van der Waals surface area contributed by atoms with Gasteiger partial charge in [-0.15, -0.1) is 0 Å². The molecule has 0 N–H and O–H groups in total. The van der Waals surface area contributed by atoms with Crippen LogP contribution < -0.4 is 0 Å². The van der Waals surface area contributed by atoms with Crippen LogP contribution in [-0.2, 0) is 0 Å². The molecule has 1 aliphatic rings. The Morgan fingerprint density at radius 2 is 2.20 bits per heavy atom. The van der Waals surface area contributed by atoms with Gasteiger partial charge in [0.2, 0.25) is 0 Å². The Morgan fingerprint density at radius 3 is 2.20 bits per heavy atom. The molecule has 0 aromatic carbocycles. The van der Waals surface area contributed by atoms with Crippen molar-refractivity contribution in [1.29, 1.82) is 0 Å². The van der Waals surface area contributed by atoms with Crippen LogP contribution >= 0.6 is 0 Å². The van der Waals surface area contributed by atoms with Crippen molar-refractivity contribution in [2.75, 3.05) is 6.54 Å². The molecule has 0 bridgehead atoms. The van der Waals surface area contributed by atoms with Gasteiger partial charge in [-0.2, -0.15) is 0 Å². The van der Waals surface area contributed by atoms with Crippen molar-refractivity contribution >= 4 is 0 Å². The molecule has 0 atom stereocenters. The third kappa shape index (κ3) is 0.407. The van der Waals surface area contributed by atoms with Gasteiger partial charge in [-0.3, -0.25) is 0 Å². The molecule has 0 amide bonds. The van der Waals surface area contributed by atoms with Crippen LogP contribution in [-0.4, -0.2) is 11.4 Å². The van der Waals surface area contributed by atoms with Gasteiger partial charge in [0.05, 0.1) is 0 Å². The maximum Gasteiger partial charge on any atom is 0.0197 e. The molecule has 1 rings (SSSR count). The Labute approximate surface area is 31.9 Å². The second-order valence-corrected chi connectivity index (χ2v) is 1.13. The number of nitrogens with zero attached hydrogens (tertiary/aromatic N) is 1. The molecule has 1 heterocycles. The van der Waals surface area contributed by atoms with Gasteiger partial charge in [0.25, 0.3) is 0 Å². The molecule has 0 unspecified atom stereocenters. The minimum atomic E-state index is 1.14. The van der Waals surface area contributed by atoms with E-state index in [1.807, 2.05) is 0 Å². The molecule has 28 valence electrons. The van der Waals surface area contributed by atoms with Crippen LogP contribution in [0.25, 0.3) is 0 Å². The predicted octanol–water partition coefficient (Wildman–Crippen LogP) is 0.793. The van der Waals surface area contributed by atoms with E-state index in [4.69, 9.17) is 0 Å². The normalized spacial score (nSPS) is 16.6. The van der Waals surface area contributed by atoms with Gasteiger partial charge < -0.3 is 4.90 Å². The van der Waals surface area contributed by atoms with Gasteiger partial charge in [-0.1, -0.05) is 0 Å². The van der Waals surface area contributed by atoms with Crippen molar-refractivity contribution in [3.63, 3.8) is 0 Å². The fourth-order valence-corrected chi connectivity index (χ4v) is 0.258. The smallest absolute Gasteiger partial charge is 0.0197 e. The first-order valence-corrected chi connectivity index (χ1v) is 1.87. The summed E-state index contributed by atoms with van der Waals surface area (Å²) in [6, 6.07) is 0. The van der Waals surface area contributed by atoms with Crippen LogP contribution in [0.5, 0.6) is 0 Å². The highest BCUT2D eigenvalue weighted by atomic mass is 15.2. The molecule has 0 aromatic rings. The van der Waals surface area contributed by atoms with Gasteiger partial charge in [0, 0.05) is 18.9 Å². The highest BCUT2D eigenvalue weighted by molar-refractivity contribution is 4.99. The van der Waals surface area contributed by atoms with Crippen LogP contribution in [0.3, 0.4) is 0 Å². The Kier molecular flexibility index (Phi) is 0.411. The quantitative estimate of drug-likeness (QED) is 0.440. The molecule has 0 saturated carbocycles. The van der Waals surface area contributed by atoms with Gasteiger partial charge in [0.15, 0.2) is 0 Å². The molecular formula is C4H7N. The fraction of sp³-hybridized carbons (Fsp3) is 0.500. The summed E-state index contributed by atoms with van der Waals surface area (Å²) in [5.74, 6) is 0. The fourth-order valence-electron chi connectivity index (χ4n) is 0.258. The van der Waals surface area contributed by atoms with Gasteiger partial charge in [-0.25, -0.2) is 0 Å². The molecule has 1 aliphatic heterocycles. The largest absolute Gasteiger partial charge is 0.352 e. The lowest BCUT2D eigenvalue weighted by molar-refractivity contribution is 0.644. The SMILES string of the molecule is CCN1C=C1. The molecular weight excluding hydrogens is 62.1 g/mol. The maximum atomic E-state index is 2.12. The molecule has 1 heteroatoms. The summed E-state index contributed by atoms with van der Waals surface area (Å²) in [4.78, 5) is 2.12. The zero-order valence-electron chi connectivity index (χ0n) is 3.31. The van der Waals surface area contributed by atoms with E-state index >= 15 is 0 Å². The van der Waals surface area contributed by atoms with Crippen LogP contribution in [0.4, 0.5) is 0 Å². The second kappa shape index (κ2) is 0.744. The van der Waals surface area contributed by atoms with E-state index < -0.39 is 0 Å². The number of hydrogen-bond acceptors (Lipinski definition) is 1. The molecule has 0 aliphatic carbocycles. The van der Waals surface area contributed by atoms with Crippen LogP contribution in [0.1, 0.15) is 6.92 Å². The van der Waals surface area contributed by atoms with Crippen LogP contribution in [0.2, 0.25) is 0 Å². The third-order valence-corrected chi connectivity index (χ3v) is 0.725. The summed E-state index contributed by atoms with van der Waals surface area (Å²) in [6.45, 7) is 3.26. The van der Waals surface area contributed by atoms with E-state index in [0.29, 0.717) is 0 Å². The molecule has 5 heavy (non-hydrogen) atoms. The van der Waals surface area contributed by atoms with E-state index in [9.17, 15) is 0 Å². The van der Waals surface area contributed by atoms with E-state index in [1.54, 1.807) is 0 Å². The summed E-state index contributed by atoms with van der Waals surface area (Å²) in [7, 11) is 0. The summed E-state index contributed by atoms with van der Waals surface area (Å²) in [6.07, 6.45) is 4.11. The van der Waals surface area contributed by atoms with Crippen molar-refractivity contribution in [3.05, 3.63) is 12.4 Å². The monoisotopic (exact) mass is 69.1 g/mol. The minimum absolute atomic E-state index is 1.14. The van der Waals surface area contributed by atoms with Gasteiger partial charge in [0.1, 0.15) is 0 Å². The number of hydrogen-bond donors (Lipinski definition) is 0. The highest BCUT2D eigenvalue weighted by Crippen LogP contribution is 2.01. The zero-order chi connectivity index (χ0) is 3.70. The summed E-state index contributed by atoms with van der Waals surface area (Å²) in [5.41, 5.74) is 0. The van der Waals surface area contributed by atoms with E-state index in [0.717, 1.165) is 6.54 Å². The molecule has 0 spiro atoms. The Balaban J connectivity index is 2.06. The first kappa shape index (κ1) is 2.76. The standard InChI is InChI=1S/C4H7N/c1-2-5-3-4-5/h3-4H,2H2,1H3. The molecule has 0 radical (unpaired) electrons. The lowest BCUT2D eigenvalue weighted by Crippen LogP contribution is -1.89. The van der Waals surface area contributed by atoms with Crippen molar-refractivity contribution < 1.29 is 0 Å². The molecule has 0 fully saturated rings. The van der Waals surface area contributed by atoms with Crippen LogP contribution in [0.15, 0.2) is 12.4 Å². The van der Waals surface area contributed by atoms with Gasteiger partial charge in [-0.05, 0) is 6.92 Å². The van der Waals surface area contributed by atoms with Gasteiger partial charge >= 0.3 is 0 Å². The number of rotatable bonds is 1. The Morgan fingerprint density at radius 1 is 1.60 bits per heavy atom. The van der Waals surface area contributed by atoms with E-state index in [2.05, 4.69) is 24.2 Å². The topological polar surface area (TPSA) is 3.01 Å². The van der Waals surface area contributed by atoms with Crippen molar-refractivity contribution in [2.45, 2.75) is 6.92 Å². The molecule has 1 nitrogen and oxygen atoms in total. The lowest BCUT2D eigenvalue weighted by Gasteiger charge is -1.87. The Hall–Kier alpha value is -0.460. The molecule has 0 aromatic heterocycles. The van der Waals surface area contributed by atoms with Crippen LogP contribution in [0, 0.1) is 0 Å². The van der Waals surface area contributed by atoms with Crippen molar-refractivity contribution in [3.8, 4) is 0 Å². The minimum Gasteiger partial charge on any atom is -0.352 e. The third-order valence-electron chi connectivity index (χ3n) is 0.725. The van der Waals surface area contributed by atoms with E-state index in [1.165, 1.54) is 0 Å². The summed E-state index contributed by atoms with van der Waals surface area (Å²) in [5, 5.41) is 0. The Bertz CT molecular complexity index is 50.7. The first-order chi connectivity index (χ1) is 2.43. The highest BCUT2D eigenvalue weighted by Gasteiger charge is 1.96. The lowest BCUT2D eigenvalue weighted by atomic mass is 10.8. The predicted molar refractivity (Wildman–Crippen MR) is 21.5 cm³/mol. The average molecular weight is 69.1 g/mol. The van der Waals surface area contributed by atoms with E-state index in [-0.39, 0.29) is 0 Å². The zero-order valence-corrected chi connectivity index (χ0v) is 3.31. The van der Waals surface area contributed by atoms with Crippen molar-refractivity contribution in [2.24, 2.45) is 0 Å². The summed E-state index contributed by atoms with van der Waals surface area (Å²) < 4.78 is 0. The van der Waals surface area contributed by atoms with Crippen molar-refractivity contribution in [1.82, 2.24) is 4.90 Å². The maximum absolute atomic E-state index is 2.12.